The van der Waals surface area contributed by atoms with Gasteiger partial charge in [0.1, 0.15) is 12.1 Å². The largest absolute Gasteiger partial charge is 0.340 e. The summed E-state index contributed by atoms with van der Waals surface area (Å²) in [4.78, 5) is 21.1. The number of amides is 2. The predicted octanol–water partition coefficient (Wildman–Crippen LogP) is 6.68. The smallest absolute Gasteiger partial charge is 0.323 e. The fourth-order valence-electron chi connectivity index (χ4n) is 3.55. The van der Waals surface area contributed by atoms with Crippen molar-refractivity contribution < 1.29 is 4.79 Å². The van der Waals surface area contributed by atoms with Gasteiger partial charge in [0, 0.05) is 22.4 Å². The quantitative estimate of drug-likeness (QED) is 0.290. The van der Waals surface area contributed by atoms with Gasteiger partial charge in [0.2, 0.25) is 0 Å². The minimum absolute atomic E-state index is 0.284. The molecule has 3 N–H and O–H groups in total. The molecule has 6 heteroatoms. The topological polar surface area (TPSA) is 78.9 Å². The van der Waals surface area contributed by atoms with Crippen LogP contribution in [0.15, 0.2) is 109 Å². The van der Waals surface area contributed by atoms with Crippen LogP contribution in [0.25, 0.3) is 22.0 Å². The minimum atomic E-state index is -0.284. The van der Waals surface area contributed by atoms with Crippen molar-refractivity contribution in [3.63, 3.8) is 0 Å². The number of anilines is 4. The number of aromatic nitrogens is 2. The number of urea groups is 1. The van der Waals surface area contributed by atoms with Crippen LogP contribution in [-0.4, -0.2) is 16.0 Å². The summed E-state index contributed by atoms with van der Waals surface area (Å²) in [6.45, 7) is 0. The van der Waals surface area contributed by atoms with Gasteiger partial charge in [-0.05, 0) is 59.7 Å². The maximum absolute atomic E-state index is 12.2. The molecule has 2 amide bonds. The summed E-state index contributed by atoms with van der Waals surface area (Å²) < 4.78 is 0. The number of nitrogens with one attached hydrogen (secondary N) is 3. The highest BCUT2D eigenvalue weighted by molar-refractivity contribution is 6.00. The van der Waals surface area contributed by atoms with E-state index in [0.717, 1.165) is 39.2 Å². The van der Waals surface area contributed by atoms with E-state index in [-0.39, 0.29) is 6.03 Å². The van der Waals surface area contributed by atoms with Gasteiger partial charge in [-0.25, -0.2) is 14.8 Å². The van der Waals surface area contributed by atoms with Crippen molar-refractivity contribution in [3.8, 4) is 11.1 Å². The van der Waals surface area contributed by atoms with Crippen LogP contribution in [-0.2, 0) is 0 Å². The number of rotatable bonds is 5. The molecule has 0 fully saturated rings. The van der Waals surface area contributed by atoms with Crippen molar-refractivity contribution >= 4 is 39.8 Å². The first-order chi connectivity index (χ1) is 16.2. The van der Waals surface area contributed by atoms with Crippen molar-refractivity contribution in [2.24, 2.45) is 0 Å². The molecule has 5 rings (SSSR count). The number of hydrogen-bond donors (Lipinski definition) is 3. The maximum Gasteiger partial charge on any atom is 0.323 e. The Bertz CT molecular complexity index is 1390. The summed E-state index contributed by atoms with van der Waals surface area (Å²) in [5.74, 6) is 0.754. The van der Waals surface area contributed by atoms with Crippen molar-refractivity contribution in [3.05, 3.63) is 109 Å². The zero-order valence-electron chi connectivity index (χ0n) is 17.7. The van der Waals surface area contributed by atoms with Crippen LogP contribution in [0.5, 0.6) is 0 Å². The summed E-state index contributed by atoms with van der Waals surface area (Å²) in [5.41, 5.74) is 5.34. The normalized spacial score (nSPS) is 10.5. The highest BCUT2D eigenvalue weighted by atomic mass is 16.2. The fourth-order valence-corrected chi connectivity index (χ4v) is 3.55. The van der Waals surface area contributed by atoms with E-state index in [1.165, 1.54) is 0 Å². The van der Waals surface area contributed by atoms with Gasteiger partial charge in [-0.3, -0.25) is 0 Å². The Kier molecular flexibility index (Phi) is 5.63. The lowest BCUT2D eigenvalue weighted by Gasteiger charge is -2.11. The van der Waals surface area contributed by atoms with Gasteiger partial charge in [0.15, 0.2) is 0 Å². The number of carbonyl (C=O) groups excluding carboxylic acids is 1. The average molecular weight is 431 g/mol. The molecule has 0 radical (unpaired) electrons. The molecule has 0 aliphatic heterocycles. The van der Waals surface area contributed by atoms with E-state index < -0.39 is 0 Å². The van der Waals surface area contributed by atoms with Gasteiger partial charge in [-0.1, -0.05) is 54.6 Å². The number of fused-ring (bicyclic) bond motifs is 1. The molecule has 4 aromatic carbocycles. The van der Waals surface area contributed by atoms with E-state index in [0.29, 0.717) is 5.69 Å². The first-order valence-electron chi connectivity index (χ1n) is 10.5. The molecule has 0 saturated carbocycles. The molecule has 0 saturated heterocycles. The molecule has 0 bridgehead atoms. The van der Waals surface area contributed by atoms with Crippen LogP contribution in [0.1, 0.15) is 0 Å². The lowest BCUT2D eigenvalue weighted by molar-refractivity contribution is 0.262. The third kappa shape index (κ3) is 4.80. The van der Waals surface area contributed by atoms with E-state index in [9.17, 15) is 4.79 Å². The SMILES string of the molecule is O=C(Nc1ccccc1)Nc1ccc(-c2ccc3ncnc(Nc4ccccc4)c3c2)cc1. The summed E-state index contributed by atoms with van der Waals surface area (Å²) in [6, 6.07) is 32.8. The molecule has 1 heterocycles. The minimum Gasteiger partial charge on any atom is -0.340 e. The summed E-state index contributed by atoms with van der Waals surface area (Å²) in [6.07, 6.45) is 1.56. The average Bonchev–Trinajstić information content (AvgIpc) is 2.86. The Morgan fingerprint density at radius 3 is 1.91 bits per heavy atom. The molecule has 0 spiro atoms. The second-order valence-electron chi connectivity index (χ2n) is 7.47. The third-order valence-electron chi connectivity index (χ3n) is 5.18. The summed E-state index contributed by atoms with van der Waals surface area (Å²) >= 11 is 0. The lowest BCUT2D eigenvalue weighted by atomic mass is 10.0. The maximum atomic E-state index is 12.2. The van der Waals surface area contributed by atoms with Crippen LogP contribution in [0.2, 0.25) is 0 Å². The van der Waals surface area contributed by atoms with Crippen LogP contribution >= 0.6 is 0 Å². The molecular formula is C27H21N5O. The number of hydrogen-bond acceptors (Lipinski definition) is 4. The molecule has 0 atom stereocenters. The van der Waals surface area contributed by atoms with Crippen LogP contribution < -0.4 is 16.0 Å². The molecular weight excluding hydrogens is 410 g/mol. The van der Waals surface area contributed by atoms with Crippen LogP contribution in [0, 0.1) is 0 Å². The number of nitrogens with zero attached hydrogens (tertiary/aromatic N) is 2. The van der Waals surface area contributed by atoms with Gasteiger partial charge in [-0.2, -0.15) is 0 Å². The second-order valence-corrected chi connectivity index (χ2v) is 7.47. The van der Waals surface area contributed by atoms with Gasteiger partial charge in [-0.15, -0.1) is 0 Å². The van der Waals surface area contributed by atoms with Gasteiger partial charge >= 0.3 is 6.03 Å². The van der Waals surface area contributed by atoms with Crippen molar-refractivity contribution in [2.75, 3.05) is 16.0 Å². The third-order valence-corrected chi connectivity index (χ3v) is 5.18. The second kappa shape index (κ2) is 9.20. The highest BCUT2D eigenvalue weighted by Crippen LogP contribution is 2.29. The number of para-hydroxylation sites is 2. The zero-order valence-corrected chi connectivity index (χ0v) is 17.7. The monoisotopic (exact) mass is 431 g/mol. The summed E-state index contributed by atoms with van der Waals surface area (Å²) in [5, 5.41) is 9.97. The summed E-state index contributed by atoms with van der Waals surface area (Å²) in [7, 11) is 0. The van der Waals surface area contributed by atoms with Crippen molar-refractivity contribution in [1.29, 1.82) is 0 Å². The first-order valence-corrected chi connectivity index (χ1v) is 10.5. The Morgan fingerprint density at radius 2 is 1.21 bits per heavy atom. The van der Waals surface area contributed by atoms with Gasteiger partial charge < -0.3 is 16.0 Å². The van der Waals surface area contributed by atoms with E-state index in [1.54, 1.807) is 6.33 Å². The van der Waals surface area contributed by atoms with E-state index in [2.05, 4.69) is 32.0 Å². The molecule has 160 valence electrons. The lowest BCUT2D eigenvalue weighted by Crippen LogP contribution is -2.19. The molecule has 6 nitrogen and oxygen atoms in total. The fraction of sp³-hybridized carbons (Fsp3) is 0. The van der Waals surface area contributed by atoms with Crippen LogP contribution in [0.3, 0.4) is 0 Å². The number of benzene rings is 4. The van der Waals surface area contributed by atoms with E-state index >= 15 is 0 Å². The molecule has 1 aromatic heterocycles. The van der Waals surface area contributed by atoms with E-state index in [4.69, 9.17) is 0 Å². The first kappa shape index (κ1) is 20.2. The van der Waals surface area contributed by atoms with Crippen LogP contribution in [0.4, 0.5) is 27.7 Å². The zero-order chi connectivity index (χ0) is 22.5. The molecule has 0 aliphatic carbocycles. The Labute approximate surface area is 191 Å². The van der Waals surface area contributed by atoms with E-state index in [1.807, 2.05) is 97.1 Å². The standard InChI is InChI=1S/C27H21N5O/c33-27(31-22-9-5-2-6-10-22)32-23-14-11-19(12-15-23)20-13-16-25-24(17-20)26(29-18-28-25)30-21-7-3-1-4-8-21/h1-18H,(H,28,29,30)(H2,31,32,33). The molecule has 0 aliphatic rings. The Hall–Kier alpha value is -4.71. The number of carbonyl (C=O) groups is 1. The molecule has 5 aromatic rings. The highest BCUT2D eigenvalue weighted by Gasteiger charge is 2.08. The molecule has 0 unspecified atom stereocenters. The Morgan fingerprint density at radius 1 is 0.606 bits per heavy atom. The van der Waals surface area contributed by atoms with Crippen molar-refractivity contribution in [1.82, 2.24) is 9.97 Å². The molecule has 33 heavy (non-hydrogen) atoms. The van der Waals surface area contributed by atoms with Crippen molar-refractivity contribution in [2.45, 2.75) is 0 Å². The van der Waals surface area contributed by atoms with Gasteiger partial charge in [0.25, 0.3) is 0 Å². The Balaban J connectivity index is 1.35. The predicted molar refractivity (Wildman–Crippen MR) is 134 cm³/mol. The van der Waals surface area contributed by atoms with Gasteiger partial charge in [0.05, 0.1) is 5.52 Å².